The summed E-state index contributed by atoms with van der Waals surface area (Å²) in [6, 6.07) is 5.21. The lowest BCUT2D eigenvalue weighted by atomic mass is 10.1. The van der Waals surface area contributed by atoms with Gasteiger partial charge in [-0.05, 0) is 32.9 Å². The zero-order chi connectivity index (χ0) is 17.0. The van der Waals surface area contributed by atoms with E-state index in [2.05, 4.69) is 0 Å². The summed E-state index contributed by atoms with van der Waals surface area (Å²) in [5.74, 6) is -1.98. The van der Waals surface area contributed by atoms with Crippen LogP contribution in [0.25, 0.3) is 0 Å². The van der Waals surface area contributed by atoms with Crippen molar-refractivity contribution in [2.24, 2.45) is 0 Å². The second kappa shape index (κ2) is 6.71. The van der Waals surface area contributed by atoms with Crippen molar-refractivity contribution in [1.82, 2.24) is 4.90 Å². The zero-order valence-corrected chi connectivity index (χ0v) is 12.7. The predicted octanol–water partition coefficient (Wildman–Crippen LogP) is 0.911. The summed E-state index contributed by atoms with van der Waals surface area (Å²) in [4.78, 5) is 22.2. The quantitative estimate of drug-likeness (QED) is 0.335. The van der Waals surface area contributed by atoms with E-state index >= 15 is 0 Å². The summed E-state index contributed by atoms with van der Waals surface area (Å²) in [5, 5.41) is 30.3. The maximum Gasteiger partial charge on any atom is 0.269 e. The standard InChI is InChI=1S/C14H20N2O6/c1-13(2,3)15(10-17)8-14(18,19)9-22-12-6-4-11(5-7-12)16(20)21/h4-7,10,18-19H,8-9H2,1-3H3. The third kappa shape index (κ3) is 5.30. The van der Waals surface area contributed by atoms with Crippen molar-refractivity contribution in [2.45, 2.75) is 32.1 Å². The number of nitro groups is 1. The van der Waals surface area contributed by atoms with E-state index in [1.165, 1.54) is 29.2 Å². The fourth-order valence-corrected chi connectivity index (χ4v) is 1.61. The molecule has 0 saturated carbocycles. The van der Waals surface area contributed by atoms with Crippen molar-refractivity contribution in [3.8, 4) is 5.75 Å². The number of β-amino-alcohol motifs (C(OH)–C–C–N with tert-alkyl or cyclic N) is 2. The van der Waals surface area contributed by atoms with Gasteiger partial charge in [0.15, 0.2) is 0 Å². The second-order valence-corrected chi connectivity index (χ2v) is 5.93. The van der Waals surface area contributed by atoms with E-state index in [-0.39, 0.29) is 18.0 Å². The summed E-state index contributed by atoms with van der Waals surface area (Å²) in [7, 11) is 0. The van der Waals surface area contributed by atoms with Crippen LogP contribution in [0.1, 0.15) is 20.8 Å². The molecule has 1 amide bonds. The predicted molar refractivity (Wildman–Crippen MR) is 78.3 cm³/mol. The molecule has 0 aliphatic rings. The molecule has 1 aromatic rings. The van der Waals surface area contributed by atoms with E-state index in [0.717, 1.165) is 0 Å². The molecule has 1 aromatic carbocycles. The normalized spacial score (nSPS) is 11.9. The van der Waals surface area contributed by atoms with Gasteiger partial charge in [0.2, 0.25) is 12.2 Å². The lowest BCUT2D eigenvalue weighted by Crippen LogP contribution is -2.52. The van der Waals surface area contributed by atoms with E-state index in [4.69, 9.17) is 4.74 Å². The molecule has 0 bridgehead atoms. The molecule has 0 fully saturated rings. The largest absolute Gasteiger partial charge is 0.488 e. The van der Waals surface area contributed by atoms with Crippen LogP contribution < -0.4 is 4.74 Å². The molecule has 122 valence electrons. The summed E-state index contributed by atoms with van der Waals surface area (Å²) in [5.41, 5.74) is -0.655. The SMILES string of the molecule is CC(C)(C)N(C=O)CC(O)(O)COc1ccc([N+](=O)[O-])cc1. The topological polar surface area (TPSA) is 113 Å². The van der Waals surface area contributed by atoms with E-state index < -0.39 is 22.9 Å². The smallest absolute Gasteiger partial charge is 0.269 e. The Labute approximate surface area is 128 Å². The fourth-order valence-electron chi connectivity index (χ4n) is 1.61. The Morgan fingerprint density at radius 2 is 1.82 bits per heavy atom. The van der Waals surface area contributed by atoms with Gasteiger partial charge in [-0.1, -0.05) is 0 Å². The van der Waals surface area contributed by atoms with Crippen LogP contribution in [-0.2, 0) is 4.79 Å². The summed E-state index contributed by atoms with van der Waals surface area (Å²) < 4.78 is 5.20. The number of carbonyl (C=O) groups excluding carboxylic acids is 1. The van der Waals surface area contributed by atoms with Crippen molar-refractivity contribution < 1.29 is 24.7 Å². The van der Waals surface area contributed by atoms with Crippen LogP contribution in [0.5, 0.6) is 5.75 Å². The van der Waals surface area contributed by atoms with Crippen LogP contribution in [0.4, 0.5) is 5.69 Å². The van der Waals surface area contributed by atoms with Gasteiger partial charge in [0.25, 0.3) is 5.69 Å². The monoisotopic (exact) mass is 312 g/mol. The number of nitrogens with zero attached hydrogens (tertiary/aromatic N) is 2. The fraction of sp³-hybridized carbons (Fsp3) is 0.500. The van der Waals surface area contributed by atoms with Crippen LogP contribution in [0.15, 0.2) is 24.3 Å². The molecule has 0 radical (unpaired) electrons. The third-order valence-electron chi connectivity index (χ3n) is 2.93. The van der Waals surface area contributed by atoms with Gasteiger partial charge >= 0.3 is 0 Å². The molecule has 0 aliphatic heterocycles. The van der Waals surface area contributed by atoms with Crippen molar-refractivity contribution in [1.29, 1.82) is 0 Å². The van der Waals surface area contributed by atoms with Gasteiger partial charge in [-0.25, -0.2) is 0 Å². The minimum atomic E-state index is -2.24. The van der Waals surface area contributed by atoms with Crippen LogP contribution >= 0.6 is 0 Å². The Balaban J connectivity index is 2.65. The summed E-state index contributed by atoms with van der Waals surface area (Å²) in [6.45, 7) is 4.47. The highest BCUT2D eigenvalue weighted by Gasteiger charge is 2.32. The minimum Gasteiger partial charge on any atom is -0.488 e. The lowest BCUT2D eigenvalue weighted by molar-refractivity contribution is -0.384. The lowest BCUT2D eigenvalue weighted by Gasteiger charge is -2.36. The Bertz CT molecular complexity index is 521. The third-order valence-corrected chi connectivity index (χ3v) is 2.93. The van der Waals surface area contributed by atoms with Crippen molar-refractivity contribution >= 4 is 12.1 Å². The highest BCUT2D eigenvalue weighted by molar-refractivity contribution is 5.48. The minimum absolute atomic E-state index is 0.0912. The highest BCUT2D eigenvalue weighted by atomic mass is 16.6. The first kappa shape index (κ1) is 17.9. The number of benzene rings is 1. The molecule has 1 rings (SSSR count). The van der Waals surface area contributed by atoms with Crippen LogP contribution in [0, 0.1) is 10.1 Å². The Morgan fingerprint density at radius 1 is 1.27 bits per heavy atom. The molecule has 0 heterocycles. The number of carbonyl (C=O) groups is 1. The molecule has 22 heavy (non-hydrogen) atoms. The highest BCUT2D eigenvalue weighted by Crippen LogP contribution is 2.19. The van der Waals surface area contributed by atoms with E-state index in [1.807, 2.05) is 0 Å². The first-order valence-electron chi connectivity index (χ1n) is 6.59. The number of nitro benzene ring substituents is 1. The van der Waals surface area contributed by atoms with Gasteiger partial charge in [-0.15, -0.1) is 0 Å². The molecule has 0 unspecified atom stereocenters. The molecular weight excluding hydrogens is 292 g/mol. The van der Waals surface area contributed by atoms with Crippen LogP contribution in [0.2, 0.25) is 0 Å². The number of aliphatic hydroxyl groups is 2. The average molecular weight is 312 g/mol. The molecule has 0 aromatic heterocycles. The molecule has 8 heteroatoms. The molecule has 2 N–H and O–H groups in total. The van der Waals surface area contributed by atoms with Crippen molar-refractivity contribution in [3.63, 3.8) is 0 Å². The number of amides is 1. The molecule has 8 nitrogen and oxygen atoms in total. The van der Waals surface area contributed by atoms with Gasteiger partial charge in [-0.3, -0.25) is 14.9 Å². The van der Waals surface area contributed by atoms with Gasteiger partial charge in [-0.2, -0.15) is 0 Å². The van der Waals surface area contributed by atoms with Gasteiger partial charge in [0.05, 0.1) is 11.5 Å². The van der Waals surface area contributed by atoms with Crippen molar-refractivity contribution in [3.05, 3.63) is 34.4 Å². The second-order valence-electron chi connectivity index (χ2n) is 5.93. The van der Waals surface area contributed by atoms with E-state index in [1.54, 1.807) is 20.8 Å². The number of ether oxygens (including phenoxy) is 1. The van der Waals surface area contributed by atoms with Gasteiger partial charge < -0.3 is 19.8 Å². The number of hydrogen-bond donors (Lipinski definition) is 2. The van der Waals surface area contributed by atoms with Gasteiger partial charge in [0.1, 0.15) is 12.4 Å². The van der Waals surface area contributed by atoms with Gasteiger partial charge in [0, 0.05) is 17.7 Å². The Kier molecular flexibility index (Phi) is 5.45. The summed E-state index contributed by atoms with van der Waals surface area (Å²) in [6.07, 6.45) is 0.535. The Morgan fingerprint density at radius 3 is 2.23 bits per heavy atom. The maximum absolute atomic E-state index is 11.0. The van der Waals surface area contributed by atoms with Crippen molar-refractivity contribution in [2.75, 3.05) is 13.2 Å². The maximum atomic E-state index is 11.0. The molecule has 0 saturated heterocycles. The molecule has 0 aliphatic carbocycles. The molecular formula is C14H20N2O6. The average Bonchev–Trinajstić information content (AvgIpc) is 2.42. The number of rotatable bonds is 7. The number of hydrogen-bond acceptors (Lipinski definition) is 6. The number of non-ortho nitro benzene ring substituents is 1. The van der Waals surface area contributed by atoms with E-state index in [9.17, 15) is 25.1 Å². The van der Waals surface area contributed by atoms with Crippen LogP contribution in [-0.4, -0.2) is 50.9 Å². The van der Waals surface area contributed by atoms with E-state index in [0.29, 0.717) is 6.41 Å². The Hall–Kier alpha value is -2.19. The zero-order valence-electron chi connectivity index (χ0n) is 12.7. The van der Waals surface area contributed by atoms with Crippen LogP contribution in [0.3, 0.4) is 0 Å². The first-order valence-corrected chi connectivity index (χ1v) is 6.59. The molecule has 0 spiro atoms. The summed E-state index contributed by atoms with van der Waals surface area (Å²) >= 11 is 0. The first-order chi connectivity index (χ1) is 10.0. The molecule has 0 atom stereocenters.